The van der Waals surface area contributed by atoms with Gasteiger partial charge in [-0.15, -0.1) is 0 Å². The van der Waals surface area contributed by atoms with Crippen molar-refractivity contribution in [3.8, 4) is 5.75 Å². The van der Waals surface area contributed by atoms with E-state index in [0.29, 0.717) is 6.54 Å². The standard InChI is InChI=1S/C22H21Cl2N3O6S2/c1-3-25-22(28)17-13-16(11-12-20(17)33-2)35(31,32)26-14-7-9-15(10-8-14)34(29,30)27-19-6-4-5-18(23)21(19)24/h4-13,26-27H,3H2,1-2H3,(H,25,28). The molecule has 3 aromatic rings. The van der Waals surface area contributed by atoms with E-state index in [-0.39, 0.29) is 42.5 Å². The predicted octanol–water partition coefficient (Wildman–Crippen LogP) is 4.35. The van der Waals surface area contributed by atoms with E-state index < -0.39 is 26.0 Å². The topological polar surface area (TPSA) is 131 Å². The highest BCUT2D eigenvalue weighted by Gasteiger charge is 2.21. The monoisotopic (exact) mass is 557 g/mol. The molecule has 0 aromatic heterocycles. The van der Waals surface area contributed by atoms with Crippen LogP contribution in [0.1, 0.15) is 17.3 Å². The van der Waals surface area contributed by atoms with Crippen LogP contribution >= 0.6 is 23.2 Å². The zero-order valence-corrected chi connectivity index (χ0v) is 21.6. The summed E-state index contributed by atoms with van der Waals surface area (Å²) < 4.78 is 61.0. The van der Waals surface area contributed by atoms with Gasteiger partial charge in [-0.1, -0.05) is 29.3 Å². The fourth-order valence-corrected chi connectivity index (χ4v) is 5.55. The van der Waals surface area contributed by atoms with Crippen molar-refractivity contribution < 1.29 is 26.4 Å². The van der Waals surface area contributed by atoms with Gasteiger partial charge < -0.3 is 10.1 Å². The Morgan fingerprint density at radius 3 is 2.14 bits per heavy atom. The average molecular weight is 558 g/mol. The predicted molar refractivity (Wildman–Crippen MR) is 136 cm³/mol. The summed E-state index contributed by atoms with van der Waals surface area (Å²) in [5.74, 6) is -0.264. The van der Waals surface area contributed by atoms with E-state index in [1.165, 1.54) is 61.7 Å². The first-order valence-corrected chi connectivity index (χ1v) is 13.8. The number of rotatable bonds is 9. The van der Waals surface area contributed by atoms with Gasteiger partial charge >= 0.3 is 0 Å². The molecule has 0 saturated heterocycles. The number of amides is 1. The molecule has 3 aromatic carbocycles. The van der Waals surface area contributed by atoms with Gasteiger partial charge in [-0.3, -0.25) is 14.2 Å². The molecule has 0 aliphatic rings. The lowest BCUT2D eigenvalue weighted by atomic mass is 10.2. The minimum Gasteiger partial charge on any atom is -0.496 e. The van der Waals surface area contributed by atoms with Crippen LogP contribution in [-0.4, -0.2) is 36.4 Å². The smallest absolute Gasteiger partial charge is 0.261 e. The summed E-state index contributed by atoms with van der Waals surface area (Å²) in [5, 5.41) is 2.83. The Labute approximate surface area is 213 Å². The molecule has 0 aliphatic heterocycles. The van der Waals surface area contributed by atoms with Gasteiger partial charge in [0.25, 0.3) is 26.0 Å². The van der Waals surface area contributed by atoms with Gasteiger partial charge in [-0.05, 0) is 61.5 Å². The first-order valence-electron chi connectivity index (χ1n) is 10.0. The van der Waals surface area contributed by atoms with Crippen LogP contribution in [-0.2, 0) is 20.0 Å². The number of anilines is 2. The number of nitrogens with one attached hydrogen (secondary N) is 3. The van der Waals surface area contributed by atoms with Crippen molar-refractivity contribution in [1.82, 2.24) is 5.32 Å². The molecule has 186 valence electrons. The molecule has 0 atom stereocenters. The third-order valence-corrected chi connectivity index (χ3v) is 8.26. The van der Waals surface area contributed by atoms with Gasteiger partial charge in [0.05, 0.1) is 38.2 Å². The van der Waals surface area contributed by atoms with Crippen molar-refractivity contribution in [3.63, 3.8) is 0 Å². The van der Waals surface area contributed by atoms with Crippen molar-refractivity contribution in [2.75, 3.05) is 23.1 Å². The quantitative estimate of drug-likeness (QED) is 0.358. The normalized spacial score (nSPS) is 11.5. The first-order chi connectivity index (χ1) is 16.5. The molecule has 0 aliphatic carbocycles. The molecular weight excluding hydrogens is 537 g/mol. The highest BCUT2D eigenvalue weighted by Crippen LogP contribution is 2.31. The van der Waals surface area contributed by atoms with Crippen LogP contribution in [0.2, 0.25) is 10.0 Å². The number of hydrogen-bond donors (Lipinski definition) is 3. The number of methoxy groups -OCH3 is 1. The third kappa shape index (κ3) is 6.17. The van der Waals surface area contributed by atoms with Crippen LogP contribution < -0.4 is 19.5 Å². The van der Waals surface area contributed by atoms with Gasteiger partial charge in [0.15, 0.2) is 0 Å². The maximum absolute atomic E-state index is 12.9. The number of carbonyl (C=O) groups is 1. The van der Waals surface area contributed by atoms with E-state index in [4.69, 9.17) is 27.9 Å². The molecule has 1 amide bonds. The van der Waals surface area contributed by atoms with E-state index in [9.17, 15) is 21.6 Å². The van der Waals surface area contributed by atoms with Crippen LogP contribution in [0.4, 0.5) is 11.4 Å². The summed E-state index contributed by atoms with van der Waals surface area (Å²) in [7, 11) is -6.75. The molecule has 9 nitrogen and oxygen atoms in total. The lowest BCUT2D eigenvalue weighted by Crippen LogP contribution is -2.24. The lowest BCUT2D eigenvalue weighted by molar-refractivity contribution is 0.0952. The maximum Gasteiger partial charge on any atom is 0.261 e. The van der Waals surface area contributed by atoms with Gasteiger partial charge in [0.2, 0.25) is 0 Å². The van der Waals surface area contributed by atoms with Crippen molar-refractivity contribution in [2.24, 2.45) is 0 Å². The molecule has 0 spiro atoms. The zero-order chi connectivity index (χ0) is 25.8. The number of benzene rings is 3. The zero-order valence-electron chi connectivity index (χ0n) is 18.5. The molecule has 3 N–H and O–H groups in total. The lowest BCUT2D eigenvalue weighted by Gasteiger charge is -2.13. The number of ether oxygens (including phenoxy) is 1. The molecule has 0 unspecified atom stereocenters. The average Bonchev–Trinajstić information content (AvgIpc) is 2.81. The fraction of sp³-hybridized carbons (Fsp3) is 0.136. The summed E-state index contributed by atoms with van der Waals surface area (Å²) in [5.41, 5.74) is 0.274. The molecule has 0 radical (unpaired) electrons. The van der Waals surface area contributed by atoms with E-state index in [2.05, 4.69) is 14.8 Å². The summed E-state index contributed by atoms with van der Waals surface area (Å²) in [4.78, 5) is 12.0. The van der Waals surface area contributed by atoms with Crippen LogP contribution in [0.25, 0.3) is 0 Å². The van der Waals surface area contributed by atoms with Crippen molar-refractivity contribution in [3.05, 3.63) is 76.3 Å². The molecular formula is C22H21Cl2N3O6S2. The van der Waals surface area contributed by atoms with Crippen LogP contribution in [0.5, 0.6) is 5.75 Å². The molecule has 13 heteroatoms. The molecule has 35 heavy (non-hydrogen) atoms. The Morgan fingerprint density at radius 1 is 0.886 bits per heavy atom. The Bertz CT molecular complexity index is 1460. The number of hydrogen-bond acceptors (Lipinski definition) is 6. The Balaban J connectivity index is 1.83. The van der Waals surface area contributed by atoms with Crippen molar-refractivity contribution in [1.29, 1.82) is 0 Å². The summed E-state index contributed by atoms with van der Waals surface area (Å²) in [6.07, 6.45) is 0. The largest absolute Gasteiger partial charge is 0.496 e. The Hall–Kier alpha value is -2.99. The highest BCUT2D eigenvalue weighted by atomic mass is 35.5. The van der Waals surface area contributed by atoms with Crippen molar-refractivity contribution in [2.45, 2.75) is 16.7 Å². The minimum absolute atomic E-state index is 0.0496. The Kier molecular flexibility index (Phi) is 8.16. The fourth-order valence-electron chi connectivity index (χ4n) is 2.99. The Morgan fingerprint density at radius 2 is 1.51 bits per heavy atom. The molecule has 3 rings (SSSR count). The second kappa shape index (κ2) is 10.7. The van der Waals surface area contributed by atoms with E-state index in [1.807, 2.05) is 0 Å². The number of carbonyl (C=O) groups excluding carboxylic acids is 1. The van der Waals surface area contributed by atoms with Gasteiger partial charge in [-0.2, -0.15) is 0 Å². The molecule has 0 fully saturated rings. The van der Waals surface area contributed by atoms with Crippen LogP contribution in [0, 0.1) is 0 Å². The van der Waals surface area contributed by atoms with Crippen LogP contribution in [0.15, 0.2) is 70.5 Å². The SMILES string of the molecule is CCNC(=O)c1cc(S(=O)(=O)Nc2ccc(S(=O)(=O)Nc3cccc(Cl)c3Cl)cc2)ccc1OC. The molecule has 0 heterocycles. The van der Waals surface area contributed by atoms with Gasteiger partial charge in [0, 0.05) is 12.2 Å². The number of sulfonamides is 2. The maximum atomic E-state index is 12.9. The van der Waals surface area contributed by atoms with E-state index in [0.717, 1.165) is 0 Å². The second-order valence-electron chi connectivity index (χ2n) is 7.06. The third-order valence-electron chi connectivity index (χ3n) is 4.68. The second-order valence-corrected chi connectivity index (χ2v) is 11.2. The van der Waals surface area contributed by atoms with E-state index >= 15 is 0 Å². The number of halogens is 2. The first kappa shape index (κ1) is 26.6. The molecule has 0 saturated carbocycles. The van der Waals surface area contributed by atoms with Crippen molar-refractivity contribution >= 4 is 60.5 Å². The summed E-state index contributed by atoms with van der Waals surface area (Å²) in [6, 6.07) is 13.4. The highest BCUT2D eigenvalue weighted by molar-refractivity contribution is 7.93. The van der Waals surface area contributed by atoms with E-state index in [1.54, 1.807) is 13.0 Å². The van der Waals surface area contributed by atoms with Gasteiger partial charge in [-0.25, -0.2) is 16.8 Å². The minimum atomic E-state index is -4.10. The summed E-state index contributed by atoms with van der Waals surface area (Å²) >= 11 is 12.0. The van der Waals surface area contributed by atoms with Gasteiger partial charge in [0.1, 0.15) is 5.75 Å². The summed E-state index contributed by atoms with van der Waals surface area (Å²) in [6.45, 7) is 2.08. The van der Waals surface area contributed by atoms with Crippen LogP contribution in [0.3, 0.4) is 0 Å². The molecule has 0 bridgehead atoms.